The largest absolute Gasteiger partial charge is 0.298 e. The minimum absolute atomic E-state index is 0.435. The molecule has 1 atom stereocenters. The highest BCUT2D eigenvalue weighted by Crippen LogP contribution is 2.30. The summed E-state index contributed by atoms with van der Waals surface area (Å²) >= 11 is 2.02. The van der Waals surface area contributed by atoms with Crippen LogP contribution in [0.2, 0.25) is 0 Å². The Hall–Kier alpha value is -0.0200. The molecule has 0 amide bonds. The zero-order valence-electron chi connectivity index (χ0n) is 8.16. The summed E-state index contributed by atoms with van der Waals surface area (Å²) in [5.74, 6) is 2.11. The van der Waals surface area contributed by atoms with Gasteiger partial charge in [-0.2, -0.15) is 11.8 Å². The summed E-state index contributed by atoms with van der Waals surface area (Å²) in [6.45, 7) is 5.17. The summed E-state index contributed by atoms with van der Waals surface area (Å²) in [7, 11) is 0. The predicted octanol–water partition coefficient (Wildman–Crippen LogP) is 1.40. The zero-order chi connectivity index (χ0) is 9.26. The van der Waals surface area contributed by atoms with Crippen LogP contribution in [0, 0.1) is 5.92 Å². The molecule has 1 heterocycles. The minimum Gasteiger partial charge on any atom is -0.298 e. The zero-order valence-corrected chi connectivity index (χ0v) is 8.98. The number of nitrogens with zero attached hydrogens (tertiary/aromatic N) is 1. The van der Waals surface area contributed by atoms with Crippen molar-refractivity contribution in [2.24, 2.45) is 5.92 Å². The lowest BCUT2D eigenvalue weighted by Gasteiger charge is -2.29. The SMILES string of the molecule is CC1CN(CC(=O)C2CC2)CCS1. The second-order valence-corrected chi connectivity index (χ2v) is 5.70. The van der Waals surface area contributed by atoms with Crippen molar-refractivity contribution >= 4 is 17.5 Å². The van der Waals surface area contributed by atoms with E-state index in [9.17, 15) is 4.79 Å². The third-order valence-corrected chi connectivity index (χ3v) is 3.87. The first-order valence-electron chi connectivity index (χ1n) is 5.12. The van der Waals surface area contributed by atoms with E-state index < -0.39 is 0 Å². The molecule has 0 aromatic rings. The molecule has 0 aromatic heterocycles. The van der Waals surface area contributed by atoms with Crippen molar-refractivity contribution < 1.29 is 4.79 Å². The van der Waals surface area contributed by atoms with Crippen molar-refractivity contribution in [1.29, 1.82) is 0 Å². The van der Waals surface area contributed by atoms with E-state index in [0.29, 0.717) is 17.0 Å². The molecule has 13 heavy (non-hydrogen) atoms. The quantitative estimate of drug-likeness (QED) is 0.685. The monoisotopic (exact) mass is 199 g/mol. The van der Waals surface area contributed by atoms with Gasteiger partial charge in [-0.1, -0.05) is 6.92 Å². The molecule has 0 radical (unpaired) electrons. The Morgan fingerprint density at radius 2 is 2.31 bits per heavy atom. The number of carbonyl (C=O) groups is 1. The average molecular weight is 199 g/mol. The summed E-state index contributed by atoms with van der Waals surface area (Å²) in [6.07, 6.45) is 2.30. The first-order valence-corrected chi connectivity index (χ1v) is 6.17. The highest BCUT2D eigenvalue weighted by molar-refractivity contribution is 7.99. The molecule has 0 spiro atoms. The fourth-order valence-corrected chi connectivity index (χ4v) is 2.87. The molecule has 2 nitrogen and oxygen atoms in total. The van der Waals surface area contributed by atoms with E-state index in [1.165, 1.54) is 5.75 Å². The molecule has 74 valence electrons. The smallest absolute Gasteiger partial charge is 0.149 e. The van der Waals surface area contributed by atoms with Crippen LogP contribution in [0.1, 0.15) is 19.8 Å². The predicted molar refractivity (Wildman–Crippen MR) is 56.1 cm³/mol. The van der Waals surface area contributed by atoms with Crippen LogP contribution in [0.15, 0.2) is 0 Å². The van der Waals surface area contributed by atoms with E-state index in [1.54, 1.807) is 0 Å². The first kappa shape index (κ1) is 9.53. The number of rotatable bonds is 3. The second-order valence-electron chi connectivity index (χ2n) is 4.16. The Bertz CT molecular complexity index is 203. The average Bonchev–Trinajstić information content (AvgIpc) is 2.85. The number of thioether (sulfide) groups is 1. The number of hydrogen-bond acceptors (Lipinski definition) is 3. The molecule has 2 fully saturated rings. The van der Waals surface area contributed by atoms with Gasteiger partial charge in [-0.15, -0.1) is 0 Å². The fourth-order valence-electron chi connectivity index (χ4n) is 1.79. The Labute approximate surface area is 84.1 Å². The molecular formula is C10H17NOS. The van der Waals surface area contributed by atoms with E-state index in [2.05, 4.69) is 11.8 Å². The molecular weight excluding hydrogens is 182 g/mol. The van der Waals surface area contributed by atoms with Gasteiger partial charge in [0.2, 0.25) is 0 Å². The van der Waals surface area contributed by atoms with E-state index >= 15 is 0 Å². The molecule has 1 saturated carbocycles. The van der Waals surface area contributed by atoms with E-state index in [1.807, 2.05) is 11.8 Å². The molecule has 2 rings (SSSR count). The van der Waals surface area contributed by atoms with Gasteiger partial charge in [0.1, 0.15) is 5.78 Å². The van der Waals surface area contributed by atoms with Gasteiger partial charge in [-0.3, -0.25) is 9.69 Å². The Morgan fingerprint density at radius 3 is 2.92 bits per heavy atom. The third kappa shape index (κ3) is 2.71. The van der Waals surface area contributed by atoms with E-state index in [4.69, 9.17) is 0 Å². The van der Waals surface area contributed by atoms with Gasteiger partial charge >= 0.3 is 0 Å². The third-order valence-electron chi connectivity index (χ3n) is 2.74. The fraction of sp³-hybridized carbons (Fsp3) is 0.900. The Kier molecular flexibility index (Phi) is 2.94. The van der Waals surface area contributed by atoms with Crippen molar-refractivity contribution in [3.8, 4) is 0 Å². The number of Topliss-reactive ketones (excluding diaryl/α,β-unsaturated/α-hetero) is 1. The second kappa shape index (κ2) is 4.01. The Balaban J connectivity index is 1.76. The molecule has 1 aliphatic carbocycles. The topological polar surface area (TPSA) is 20.3 Å². The summed E-state index contributed by atoms with van der Waals surface area (Å²) in [5, 5.41) is 0.709. The Morgan fingerprint density at radius 1 is 1.54 bits per heavy atom. The maximum atomic E-state index is 11.5. The van der Waals surface area contributed by atoms with Crippen molar-refractivity contribution in [1.82, 2.24) is 4.90 Å². The molecule has 1 saturated heterocycles. The van der Waals surface area contributed by atoms with Crippen LogP contribution in [0.4, 0.5) is 0 Å². The van der Waals surface area contributed by atoms with Crippen LogP contribution in [-0.2, 0) is 4.79 Å². The molecule has 0 N–H and O–H groups in total. The molecule has 0 aromatic carbocycles. The summed E-state index contributed by atoms with van der Waals surface area (Å²) in [6, 6.07) is 0. The molecule has 1 unspecified atom stereocenters. The van der Waals surface area contributed by atoms with Gasteiger partial charge in [-0.25, -0.2) is 0 Å². The van der Waals surface area contributed by atoms with Crippen LogP contribution in [0.3, 0.4) is 0 Å². The number of carbonyl (C=O) groups excluding carboxylic acids is 1. The highest BCUT2D eigenvalue weighted by atomic mass is 32.2. The van der Waals surface area contributed by atoms with Gasteiger partial charge in [0, 0.05) is 30.0 Å². The normalized spacial score (nSPS) is 30.4. The first-order chi connectivity index (χ1) is 6.25. The lowest BCUT2D eigenvalue weighted by atomic mass is 10.2. The summed E-state index contributed by atoms with van der Waals surface area (Å²) in [4.78, 5) is 13.9. The highest BCUT2D eigenvalue weighted by Gasteiger charge is 2.31. The van der Waals surface area contributed by atoms with Crippen LogP contribution < -0.4 is 0 Å². The molecule has 3 heteroatoms. The van der Waals surface area contributed by atoms with E-state index in [0.717, 1.165) is 32.5 Å². The van der Waals surface area contributed by atoms with Crippen LogP contribution >= 0.6 is 11.8 Å². The lowest BCUT2D eigenvalue weighted by Crippen LogP contribution is -2.40. The van der Waals surface area contributed by atoms with Crippen LogP contribution in [-0.4, -0.2) is 41.3 Å². The van der Waals surface area contributed by atoms with Crippen LogP contribution in [0.25, 0.3) is 0 Å². The van der Waals surface area contributed by atoms with Crippen molar-refractivity contribution in [2.45, 2.75) is 25.0 Å². The van der Waals surface area contributed by atoms with Gasteiger partial charge in [0.15, 0.2) is 0 Å². The van der Waals surface area contributed by atoms with Gasteiger partial charge in [0.25, 0.3) is 0 Å². The van der Waals surface area contributed by atoms with Crippen LogP contribution in [0.5, 0.6) is 0 Å². The maximum Gasteiger partial charge on any atom is 0.149 e. The van der Waals surface area contributed by atoms with Crippen molar-refractivity contribution in [2.75, 3.05) is 25.4 Å². The van der Waals surface area contributed by atoms with Gasteiger partial charge in [-0.05, 0) is 12.8 Å². The van der Waals surface area contributed by atoms with E-state index in [-0.39, 0.29) is 0 Å². The standard InChI is InChI=1S/C10H17NOS/c1-8-6-11(4-5-13-8)7-10(12)9-2-3-9/h8-9H,2-7H2,1H3. The molecule has 1 aliphatic heterocycles. The van der Waals surface area contributed by atoms with Gasteiger partial charge < -0.3 is 0 Å². The minimum atomic E-state index is 0.435. The maximum absolute atomic E-state index is 11.5. The molecule has 0 bridgehead atoms. The number of ketones is 1. The number of hydrogen-bond donors (Lipinski definition) is 0. The summed E-state index contributed by atoms with van der Waals surface area (Å²) < 4.78 is 0. The van der Waals surface area contributed by atoms with Crippen molar-refractivity contribution in [3.63, 3.8) is 0 Å². The summed E-state index contributed by atoms with van der Waals surface area (Å²) in [5.41, 5.74) is 0. The molecule has 2 aliphatic rings. The van der Waals surface area contributed by atoms with Gasteiger partial charge in [0.05, 0.1) is 6.54 Å². The van der Waals surface area contributed by atoms with Crippen molar-refractivity contribution in [3.05, 3.63) is 0 Å². The lowest BCUT2D eigenvalue weighted by molar-refractivity contribution is -0.121.